The predicted molar refractivity (Wildman–Crippen MR) is 75.7 cm³/mol. The Morgan fingerprint density at radius 2 is 1.95 bits per heavy atom. The van der Waals surface area contributed by atoms with Gasteiger partial charge in [0, 0.05) is 6.54 Å². The fraction of sp³-hybridized carbons (Fsp3) is 0.786. The molecule has 0 unspecified atom stereocenters. The molecule has 2 amide bonds. The average molecular weight is 300 g/mol. The van der Waals surface area contributed by atoms with E-state index in [1.165, 1.54) is 4.90 Å². The van der Waals surface area contributed by atoms with Gasteiger partial charge in [0.1, 0.15) is 17.7 Å². The molecule has 0 aliphatic carbocycles. The normalized spacial score (nSPS) is 20.6. The van der Waals surface area contributed by atoms with Gasteiger partial charge in [0.2, 0.25) is 5.91 Å². The number of likely N-dealkylation sites (tertiary alicyclic amines) is 1. The molecule has 0 bridgehead atoms. The molecule has 1 aliphatic rings. The number of carboxylic acid groups (broad SMARTS) is 1. The maximum atomic E-state index is 12.2. The Balaban J connectivity index is 2.69. The molecule has 0 aromatic rings. The Morgan fingerprint density at radius 1 is 1.38 bits per heavy atom. The van der Waals surface area contributed by atoms with Gasteiger partial charge in [-0.25, -0.2) is 9.59 Å². The van der Waals surface area contributed by atoms with Crippen LogP contribution in [0, 0.1) is 5.92 Å². The van der Waals surface area contributed by atoms with Gasteiger partial charge in [0.25, 0.3) is 0 Å². The summed E-state index contributed by atoms with van der Waals surface area (Å²) in [4.78, 5) is 36.5. The lowest BCUT2D eigenvalue weighted by atomic mass is 10.0. The number of carboxylic acids is 1. The van der Waals surface area contributed by atoms with Crippen LogP contribution < -0.4 is 5.32 Å². The second-order valence-electron chi connectivity index (χ2n) is 6.55. The lowest BCUT2D eigenvalue weighted by Gasteiger charge is -2.27. The molecule has 1 rings (SSSR count). The van der Waals surface area contributed by atoms with Crippen molar-refractivity contribution in [3.8, 4) is 0 Å². The minimum absolute atomic E-state index is 0.202. The van der Waals surface area contributed by atoms with E-state index in [9.17, 15) is 19.5 Å². The molecule has 120 valence electrons. The largest absolute Gasteiger partial charge is 0.480 e. The van der Waals surface area contributed by atoms with Gasteiger partial charge in [-0.2, -0.15) is 0 Å². The van der Waals surface area contributed by atoms with E-state index >= 15 is 0 Å². The van der Waals surface area contributed by atoms with Crippen molar-refractivity contribution in [3.05, 3.63) is 0 Å². The van der Waals surface area contributed by atoms with Gasteiger partial charge in [0.05, 0.1) is 0 Å². The van der Waals surface area contributed by atoms with E-state index in [4.69, 9.17) is 4.74 Å². The topological polar surface area (TPSA) is 95.9 Å². The number of carbonyl (C=O) groups is 3. The third-order valence-electron chi connectivity index (χ3n) is 3.15. The van der Waals surface area contributed by atoms with Crippen molar-refractivity contribution in [1.29, 1.82) is 0 Å². The van der Waals surface area contributed by atoms with Gasteiger partial charge in [-0.05, 0) is 33.1 Å². The molecule has 2 atom stereocenters. The summed E-state index contributed by atoms with van der Waals surface area (Å²) < 4.78 is 5.10. The zero-order chi connectivity index (χ0) is 16.4. The molecule has 7 heteroatoms. The van der Waals surface area contributed by atoms with Crippen LogP contribution in [0.2, 0.25) is 0 Å². The highest BCUT2D eigenvalue weighted by Crippen LogP contribution is 2.20. The summed E-state index contributed by atoms with van der Waals surface area (Å²) >= 11 is 0. The van der Waals surface area contributed by atoms with Crippen LogP contribution in [0.1, 0.15) is 41.0 Å². The van der Waals surface area contributed by atoms with Crippen LogP contribution in [0.15, 0.2) is 0 Å². The third kappa shape index (κ3) is 4.61. The van der Waals surface area contributed by atoms with Crippen molar-refractivity contribution in [2.75, 3.05) is 6.54 Å². The van der Waals surface area contributed by atoms with E-state index in [1.807, 2.05) is 0 Å². The summed E-state index contributed by atoms with van der Waals surface area (Å²) in [6.07, 6.45) is -0.284. The number of nitrogens with zero attached hydrogens (tertiary/aromatic N) is 1. The summed E-state index contributed by atoms with van der Waals surface area (Å²) in [7, 11) is 0. The predicted octanol–water partition coefficient (Wildman–Crippen LogP) is 1.22. The number of nitrogens with one attached hydrogen (secondary N) is 1. The van der Waals surface area contributed by atoms with Gasteiger partial charge in [-0.15, -0.1) is 0 Å². The number of amides is 2. The second-order valence-corrected chi connectivity index (χ2v) is 6.55. The van der Waals surface area contributed by atoms with E-state index in [-0.39, 0.29) is 11.8 Å². The Kier molecular flexibility index (Phi) is 5.20. The van der Waals surface area contributed by atoms with Crippen molar-refractivity contribution in [2.45, 2.75) is 58.7 Å². The van der Waals surface area contributed by atoms with E-state index in [0.717, 1.165) is 0 Å². The molecule has 0 saturated carbocycles. The third-order valence-corrected chi connectivity index (χ3v) is 3.15. The van der Waals surface area contributed by atoms with E-state index in [1.54, 1.807) is 34.6 Å². The number of aliphatic carboxylic acids is 1. The van der Waals surface area contributed by atoms with Crippen LogP contribution in [0.25, 0.3) is 0 Å². The van der Waals surface area contributed by atoms with E-state index in [0.29, 0.717) is 13.0 Å². The zero-order valence-corrected chi connectivity index (χ0v) is 13.2. The molecular formula is C14H24N2O5. The average Bonchev–Trinajstić information content (AvgIpc) is 2.58. The molecule has 1 fully saturated rings. The van der Waals surface area contributed by atoms with Crippen molar-refractivity contribution < 1.29 is 24.2 Å². The summed E-state index contributed by atoms with van der Waals surface area (Å²) in [6.45, 7) is 9.01. The van der Waals surface area contributed by atoms with Gasteiger partial charge in [-0.3, -0.25) is 4.79 Å². The van der Waals surface area contributed by atoms with E-state index < -0.39 is 29.7 Å². The maximum Gasteiger partial charge on any atom is 0.408 e. The Morgan fingerprint density at radius 3 is 2.38 bits per heavy atom. The molecule has 0 radical (unpaired) electrons. The molecule has 0 aromatic heterocycles. The summed E-state index contributed by atoms with van der Waals surface area (Å²) in [5.74, 6) is -1.61. The Hall–Kier alpha value is -1.79. The highest BCUT2D eigenvalue weighted by atomic mass is 16.6. The van der Waals surface area contributed by atoms with Gasteiger partial charge >= 0.3 is 12.1 Å². The maximum absolute atomic E-state index is 12.2. The fourth-order valence-electron chi connectivity index (χ4n) is 2.34. The molecule has 0 spiro atoms. The van der Waals surface area contributed by atoms with Gasteiger partial charge in [-0.1, -0.05) is 13.8 Å². The zero-order valence-electron chi connectivity index (χ0n) is 13.2. The smallest absolute Gasteiger partial charge is 0.408 e. The second kappa shape index (κ2) is 6.32. The molecule has 2 N–H and O–H groups in total. The van der Waals surface area contributed by atoms with Crippen molar-refractivity contribution in [2.24, 2.45) is 5.92 Å². The van der Waals surface area contributed by atoms with Crippen LogP contribution in [0.5, 0.6) is 0 Å². The van der Waals surface area contributed by atoms with Gasteiger partial charge < -0.3 is 20.1 Å². The molecule has 1 aliphatic heterocycles. The van der Waals surface area contributed by atoms with Crippen LogP contribution in [-0.4, -0.2) is 52.2 Å². The first-order valence-corrected chi connectivity index (χ1v) is 7.05. The number of carbonyl (C=O) groups excluding carboxylic acids is 2. The lowest BCUT2D eigenvalue weighted by molar-refractivity contribution is -0.150. The quantitative estimate of drug-likeness (QED) is 0.814. The summed E-state index contributed by atoms with van der Waals surface area (Å²) in [5, 5.41) is 11.7. The van der Waals surface area contributed by atoms with Crippen molar-refractivity contribution in [3.63, 3.8) is 0 Å². The monoisotopic (exact) mass is 300 g/mol. The molecule has 1 heterocycles. The van der Waals surface area contributed by atoms with Crippen LogP contribution in [0.4, 0.5) is 4.79 Å². The SMILES string of the molecule is CC(C)[C@H](C(=O)O)N1CC[C@H](NC(=O)OC(C)(C)C)C1=O. The number of hydrogen-bond donors (Lipinski definition) is 2. The molecule has 1 saturated heterocycles. The minimum atomic E-state index is -1.03. The van der Waals surface area contributed by atoms with Gasteiger partial charge in [0.15, 0.2) is 0 Å². The summed E-state index contributed by atoms with van der Waals surface area (Å²) in [6, 6.07) is -1.59. The standard InChI is InChI=1S/C14H24N2O5/c1-8(2)10(12(18)19)16-7-6-9(11(16)17)15-13(20)21-14(3,4)5/h8-10H,6-7H2,1-5H3,(H,15,20)(H,18,19)/t9-,10+/m0/s1. The lowest BCUT2D eigenvalue weighted by Crippen LogP contribution is -2.49. The minimum Gasteiger partial charge on any atom is -0.480 e. The van der Waals surface area contributed by atoms with Crippen LogP contribution >= 0.6 is 0 Å². The van der Waals surface area contributed by atoms with E-state index in [2.05, 4.69) is 5.32 Å². The van der Waals surface area contributed by atoms with Crippen molar-refractivity contribution in [1.82, 2.24) is 10.2 Å². The molecule has 21 heavy (non-hydrogen) atoms. The van der Waals surface area contributed by atoms with Crippen LogP contribution in [0.3, 0.4) is 0 Å². The fourth-order valence-corrected chi connectivity index (χ4v) is 2.34. The first-order valence-electron chi connectivity index (χ1n) is 7.05. The first kappa shape index (κ1) is 17.3. The highest BCUT2D eigenvalue weighted by molar-refractivity contribution is 5.91. The molecule has 0 aromatic carbocycles. The van der Waals surface area contributed by atoms with Crippen molar-refractivity contribution >= 4 is 18.0 Å². The number of hydrogen-bond acceptors (Lipinski definition) is 4. The number of rotatable bonds is 4. The highest BCUT2D eigenvalue weighted by Gasteiger charge is 2.41. The van der Waals surface area contributed by atoms with Crippen LogP contribution in [-0.2, 0) is 14.3 Å². The first-order chi connectivity index (χ1) is 9.53. The molecule has 7 nitrogen and oxygen atoms in total. The molecular weight excluding hydrogens is 276 g/mol. The number of alkyl carbamates (subject to hydrolysis) is 1. The summed E-state index contributed by atoms with van der Waals surface area (Å²) in [5.41, 5.74) is -0.646. The Labute approximate surface area is 124 Å². The Bertz CT molecular complexity index is 428. The number of ether oxygens (including phenoxy) is 1.